The van der Waals surface area contributed by atoms with Crippen LogP contribution >= 0.6 is 45.2 Å². The minimum atomic E-state index is -4.74. The Morgan fingerprint density at radius 2 is 0.808 bits per heavy atom. The quantitative estimate of drug-likeness (QED) is 0.225. The monoisotopic (exact) mass is 604 g/mol. The summed E-state index contributed by atoms with van der Waals surface area (Å²) in [6, 6.07) is 2.10. The van der Waals surface area contributed by atoms with Crippen LogP contribution in [0.25, 0.3) is 0 Å². The first kappa shape index (κ1) is 20.1. The smallest absolute Gasteiger partial charge is 0.194 e. The summed E-state index contributed by atoms with van der Waals surface area (Å²) in [5.74, 6) is -18.9. The van der Waals surface area contributed by atoms with Crippen molar-refractivity contribution in [2.45, 2.75) is 23.7 Å². The van der Waals surface area contributed by atoms with Crippen LogP contribution in [0.1, 0.15) is 22.3 Å². The Balaban J connectivity index is 2.46. The molecule has 0 N–H and O–H groups in total. The Morgan fingerprint density at radius 1 is 0.500 bits per heavy atom. The van der Waals surface area contributed by atoms with Gasteiger partial charge in [0, 0.05) is 29.4 Å². The SMILES string of the molecule is FC1(F)c2ccc(c(I)c2)C(F)(F)C(F)(F)c2ccc(cc2I)C1(F)F. The summed E-state index contributed by atoms with van der Waals surface area (Å²) in [6.07, 6.45) is 0. The average molecular weight is 604 g/mol. The lowest BCUT2D eigenvalue weighted by atomic mass is 9.89. The third-order valence-corrected chi connectivity index (χ3v) is 5.91. The standard InChI is InChI=1S/C16H6F8I2/c17-13(18)7-1-3-9(11(25)5-7)15(21,22)16(23,24)10-4-2-8(6-12(10)26)14(13,19)20/h1-6H. The van der Waals surface area contributed by atoms with Crippen molar-refractivity contribution in [1.29, 1.82) is 0 Å². The molecule has 0 aliphatic heterocycles. The Hall–Kier alpha value is -0.660. The molecule has 0 atom stereocenters. The summed E-state index contributed by atoms with van der Waals surface area (Å²) in [4.78, 5) is 0. The second kappa shape index (κ2) is 5.92. The molecule has 0 heterocycles. The molecule has 4 bridgehead atoms. The number of benzene rings is 2. The van der Waals surface area contributed by atoms with Gasteiger partial charge in [0.1, 0.15) is 0 Å². The molecule has 140 valence electrons. The zero-order chi connectivity index (χ0) is 19.7. The van der Waals surface area contributed by atoms with Gasteiger partial charge in [-0.1, -0.05) is 24.3 Å². The predicted octanol–water partition coefficient (Wildman–Crippen LogP) is 6.98. The van der Waals surface area contributed by atoms with E-state index in [1.807, 2.05) is 0 Å². The number of alkyl halides is 8. The third-order valence-electron chi connectivity index (χ3n) is 4.13. The molecule has 0 aromatic heterocycles. The predicted molar refractivity (Wildman–Crippen MR) is 93.9 cm³/mol. The van der Waals surface area contributed by atoms with Gasteiger partial charge >= 0.3 is 23.7 Å². The van der Waals surface area contributed by atoms with Gasteiger partial charge in [-0.05, 0) is 57.3 Å². The van der Waals surface area contributed by atoms with Gasteiger partial charge in [0.2, 0.25) is 0 Å². The van der Waals surface area contributed by atoms with E-state index < -0.39 is 53.1 Å². The normalized spacial score (nSPS) is 21.9. The number of rotatable bonds is 0. The maximum absolute atomic E-state index is 14.6. The van der Waals surface area contributed by atoms with Gasteiger partial charge in [0.15, 0.2) is 0 Å². The first-order valence-electron chi connectivity index (χ1n) is 6.87. The molecule has 2 aromatic carbocycles. The molecular formula is C16H6F8I2. The van der Waals surface area contributed by atoms with E-state index in [0.29, 0.717) is 36.4 Å². The van der Waals surface area contributed by atoms with E-state index in [-0.39, 0.29) is 0 Å². The molecular weight excluding hydrogens is 598 g/mol. The lowest BCUT2D eigenvalue weighted by molar-refractivity contribution is -0.228. The largest absolute Gasteiger partial charge is 0.340 e. The Kier molecular flexibility index (Phi) is 4.57. The molecule has 0 radical (unpaired) electrons. The van der Waals surface area contributed by atoms with Gasteiger partial charge < -0.3 is 0 Å². The van der Waals surface area contributed by atoms with E-state index in [1.54, 1.807) is 0 Å². The first-order valence-corrected chi connectivity index (χ1v) is 9.02. The maximum atomic E-state index is 14.6. The average Bonchev–Trinajstić information content (AvgIpc) is 2.52. The van der Waals surface area contributed by atoms with Gasteiger partial charge in [-0.2, -0.15) is 35.1 Å². The van der Waals surface area contributed by atoms with E-state index in [9.17, 15) is 35.1 Å². The summed E-state index contributed by atoms with van der Waals surface area (Å²) in [7, 11) is 0. The topological polar surface area (TPSA) is 0 Å². The van der Waals surface area contributed by atoms with Crippen molar-refractivity contribution in [3.05, 3.63) is 65.8 Å². The van der Waals surface area contributed by atoms with Crippen LogP contribution < -0.4 is 0 Å². The molecule has 4 aliphatic rings. The Morgan fingerprint density at radius 3 is 1.08 bits per heavy atom. The van der Waals surface area contributed by atoms with Crippen LogP contribution in [-0.4, -0.2) is 0 Å². The van der Waals surface area contributed by atoms with Crippen LogP contribution in [0, 0.1) is 7.14 Å². The van der Waals surface area contributed by atoms with Crippen molar-refractivity contribution in [3.8, 4) is 0 Å². The zero-order valence-electron chi connectivity index (χ0n) is 12.2. The van der Waals surface area contributed by atoms with Gasteiger partial charge in [-0.25, -0.2) is 0 Å². The highest BCUT2D eigenvalue weighted by Crippen LogP contribution is 2.55. The molecule has 0 amide bonds. The van der Waals surface area contributed by atoms with E-state index >= 15 is 0 Å². The Labute approximate surface area is 169 Å². The molecule has 0 unspecified atom stereocenters. The number of halogens is 10. The molecule has 6 rings (SSSR count). The van der Waals surface area contributed by atoms with Crippen LogP contribution in [0.3, 0.4) is 0 Å². The van der Waals surface area contributed by atoms with Gasteiger partial charge in [0.05, 0.1) is 0 Å². The lowest BCUT2D eigenvalue weighted by Gasteiger charge is -2.32. The molecule has 4 aliphatic carbocycles. The minimum absolute atomic E-state index is 0.328. The summed E-state index contributed by atoms with van der Waals surface area (Å²) >= 11 is 2.32. The van der Waals surface area contributed by atoms with Crippen molar-refractivity contribution in [3.63, 3.8) is 0 Å². The van der Waals surface area contributed by atoms with E-state index in [1.165, 1.54) is 0 Å². The fourth-order valence-electron chi connectivity index (χ4n) is 2.63. The van der Waals surface area contributed by atoms with Crippen LogP contribution in [0.15, 0.2) is 36.4 Å². The fraction of sp³-hybridized carbons (Fsp3) is 0.250. The van der Waals surface area contributed by atoms with Gasteiger partial charge in [-0.15, -0.1) is 0 Å². The minimum Gasteiger partial charge on any atom is -0.194 e. The lowest BCUT2D eigenvalue weighted by Crippen LogP contribution is -2.39. The number of hydrogen-bond donors (Lipinski definition) is 0. The number of hydrogen-bond acceptors (Lipinski definition) is 0. The van der Waals surface area contributed by atoms with Crippen LogP contribution in [0.4, 0.5) is 35.1 Å². The molecule has 10 heteroatoms. The maximum Gasteiger partial charge on any atom is 0.340 e. The Bertz CT molecular complexity index is 818. The van der Waals surface area contributed by atoms with Crippen LogP contribution in [0.2, 0.25) is 0 Å². The molecule has 0 saturated heterocycles. The zero-order valence-corrected chi connectivity index (χ0v) is 16.6. The highest BCUT2D eigenvalue weighted by atomic mass is 127. The summed E-state index contributed by atoms with van der Waals surface area (Å²) in [6.45, 7) is 0. The summed E-state index contributed by atoms with van der Waals surface area (Å²) < 4.78 is 115. The molecule has 0 saturated carbocycles. The van der Waals surface area contributed by atoms with E-state index in [4.69, 9.17) is 0 Å². The van der Waals surface area contributed by atoms with Crippen LogP contribution in [0.5, 0.6) is 0 Å². The highest BCUT2D eigenvalue weighted by Gasteiger charge is 2.63. The second-order valence-corrected chi connectivity index (χ2v) is 8.01. The van der Waals surface area contributed by atoms with E-state index in [2.05, 4.69) is 0 Å². The first-order chi connectivity index (χ1) is 11.7. The summed E-state index contributed by atoms with van der Waals surface area (Å²) in [5.41, 5.74) is -4.92. The molecule has 2 aromatic rings. The van der Waals surface area contributed by atoms with Crippen molar-refractivity contribution < 1.29 is 35.1 Å². The van der Waals surface area contributed by atoms with Crippen LogP contribution in [-0.2, 0) is 23.7 Å². The van der Waals surface area contributed by atoms with Gasteiger partial charge in [0.25, 0.3) is 0 Å². The van der Waals surface area contributed by atoms with E-state index in [0.717, 1.165) is 45.2 Å². The molecule has 0 fully saturated rings. The molecule has 26 heavy (non-hydrogen) atoms. The van der Waals surface area contributed by atoms with Crippen molar-refractivity contribution in [1.82, 2.24) is 0 Å². The highest BCUT2D eigenvalue weighted by molar-refractivity contribution is 14.1. The molecule has 0 spiro atoms. The van der Waals surface area contributed by atoms with Crippen molar-refractivity contribution in [2.75, 3.05) is 0 Å². The summed E-state index contributed by atoms with van der Waals surface area (Å²) in [5, 5.41) is 0. The van der Waals surface area contributed by atoms with Crippen molar-refractivity contribution in [2.24, 2.45) is 0 Å². The fourth-order valence-corrected chi connectivity index (χ4v) is 4.34. The third kappa shape index (κ3) is 2.57. The molecule has 0 nitrogen and oxygen atoms in total. The van der Waals surface area contributed by atoms with Crippen molar-refractivity contribution >= 4 is 45.2 Å². The second-order valence-electron chi connectivity index (χ2n) is 5.69. The van der Waals surface area contributed by atoms with Gasteiger partial charge in [-0.3, -0.25) is 0 Å².